The summed E-state index contributed by atoms with van der Waals surface area (Å²) in [5, 5.41) is 3.32. The summed E-state index contributed by atoms with van der Waals surface area (Å²) in [6.45, 7) is 5.53. The van der Waals surface area contributed by atoms with Crippen LogP contribution in [0.5, 0.6) is 5.75 Å². The largest absolute Gasteiger partial charge is 0.491 e. The Hall–Kier alpha value is -1.66. The number of rotatable bonds is 6. The zero-order chi connectivity index (χ0) is 16.5. The first-order valence-electron chi connectivity index (χ1n) is 8.11. The van der Waals surface area contributed by atoms with Gasteiger partial charge < -0.3 is 14.4 Å². The highest BCUT2D eigenvalue weighted by molar-refractivity contribution is 7.80. The Morgan fingerprint density at radius 1 is 1.17 bits per heavy atom. The van der Waals surface area contributed by atoms with Gasteiger partial charge in [0.1, 0.15) is 12.4 Å². The van der Waals surface area contributed by atoms with E-state index in [1.165, 1.54) is 6.42 Å². The average molecular weight is 336 g/mol. The van der Waals surface area contributed by atoms with Crippen LogP contribution in [-0.2, 0) is 4.74 Å². The number of thiocarbonyl (C=S) groups is 1. The van der Waals surface area contributed by atoms with Gasteiger partial charge in [0, 0.05) is 25.3 Å². The molecule has 1 saturated heterocycles. The molecule has 0 aliphatic carbocycles. The third-order valence-electron chi connectivity index (χ3n) is 3.68. The number of benzene rings is 1. The third kappa shape index (κ3) is 5.80. The molecule has 0 bridgehead atoms. The lowest BCUT2D eigenvalue weighted by molar-refractivity contribution is 0.0972. The summed E-state index contributed by atoms with van der Waals surface area (Å²) in [7, 11) is 0. The molecule has 23 heavy (non-hydrogen) atoms. The molecule has 1 fully saturated rings. The van der Waals surface area contributed by atoms with Crippen molar-refractivity contribution in [1.82, 2.24) is 10.2 Å². The molecule has 1 aliphatic heterocycles. The van der Waals surface area contributed by atoms with E-state index in [0.717, 1.165) is 31.7 Å². The van der Waals surface area contributed by atoms with E-state index in [4.69, 9.17) is 21.7 Å². The molecule has 1 aromatic rings. The van der Waals surface area contributed by atoms with Crippen LogP contribution in [0.4, 0.5) is 0 Å². The summed E-state index contributed by atoms with van der Waals surface area (Å²) in [6, 6.07) is 7.05. The smallest absolute Gasteiger partial charge is 0.257 e. The lowest BCUT2D eigenvalue weighted by atomic mass is 10.1. The molecule has 0 unspecified atom stereocenters. The lowest BCUT2D eigenvalue weighted by Crippen LogP contribution is -2.44. The molecular weight excluding hydrogens is 312 g/mol. The summed E-state index contributed by atoms with van der Waals surface area (Å²) in [6.07, 6.45) is 3.49. The van der Waals surface area contributed by atoms with Crippen molar-refractivity contribution in [2.75, 3.05) is 32.9 Å². The van der Waals surface area contributed by atoms with Crippen LogP contribution in [0.1, 0.15) is 36.5 Å². The average Bonchev–Trinajstić information content (AvgIpc) is 2.60. The molecule has 0 spiro atoms. The second-order valence-electron chi connectivity index (χ2n) is 5.38. The molecule has 0 aromatic heterocycles. The van der Waals surface area contributed by atoms with E-state index >= 15 is 0 Å². The summed E-state index contributed by atoms with van der Waals surface area (Å²) >= 11 is 5.31. The van der Waals surface area contributed by atoms with E-state index in [0.29, 0.717) is 30.5 Å². The maximum atomic E-state index is 12.2. The summed E-state index contributed by atoms with van der Waals surface area (Å²) in [5.41, 5.74) is 0.571. The normalized spacial score (nSPS) is 14.4. The van der Waals surface area contributed by atoms with E-state index in [1.54, 1.807) is 24.3 Å². The van der Waals surface area contributed by atoms with E-state index < -0.39 is 0 Å². The van der Waals surface area contributed by atoms with Gasteiger partial charge in [-0.1, -0.05) is 0 Å². The topological polar surface area (TPSA) is 50.8 Å². The van der Waals surface area contributed by atoms with Crippen LogP contribution in [0.2, 0.25) is 0 Å². The Balaban J connectivity index is 1.81. The van der Waals surface area contributed by atoms with E-state index in [2.05, 4.69) is 10.2 Å². The van der Waals surface area contributed by atoms with Gasteiger partial charge >= 0.3 is 0 Å². The number of carbonyl (C=O) groups excluding carboxylic acids is 1. The second-order valence-corrected chi connectivity index (χ2v) is 5.76. The fourth-order valence-corrected chi connectivity index (χ4v) is 2.69. The molecular formula is C17H24N2O3S. The zero-order valence-electron chi connectivity index (χ0n) is 13.5. The van der Waals surface area contributed by atoms with Gasteiger partial charge in [-0.15, -0.1) is 0 Å². The van der Waals surface area contributed by atoms with Crippen LogP contribution in [0.15, 0.2) is 24.3 Å². The van der Waals surface area contributed by atoms with E-state index in [-0.39, 0.29) is 5.91 Å². The first-order chi connectivity index (χ1) is 11.2. The number of carbonyl (C=O) groups is 1. The minimum Gasteiger partial charge on any atom is -0.491 e. The first kappa shape index (κ1) is 17.7. The van der Waals surface area contributed by atoms with E-state index in [1.807, 2.05) is 6.92 Å². The molecule has 1 N–H and O–H groups in total. The van der Waals surface area contributed by atoms with Crippen LogP contribution in [0.3, 0.4) is 0 Å². The monoisotopic (exact) mass is 336 g/mol. The quantitative estimate of drug-likeness (QED) is 0.639. The zero-order valence-corrected chi connectivity index (χ0v) is 14.4. The Morgan fingerprint density at radius 2 is 1.87 bits per heavy atom. The number of ether oxygens (including phenoxy) is 2. The highest BCUT2D eigenvalue weighted by Crippen LogP contribution is 2.13. The fraction of sp³-hybridized carbons (Fsp3) is 0.529. The molecule has 0 radical (unpaired) electrons. The summed E-state index contributed by atoms with van der Waals surface area (Å²) in [5.74, 6) is 0.543. The van der Waals surface area contributed by atoms with Crippen LogP contribution < -0.4 is 10.1 Å². The van der Waals surface area contributed by atoms with Gasteiger partial charge in [0.05, 0.1) is 6.61 Å². The standard InChI is InChI=1S/C17H24N2O3S/c1-2-21-12-13-22-15-8-6-14(7-9-15)16(20)18-17(23)19-10-4-3-5-11-19/h6-9H,2-5,10-13H2,1H3,(H,18,20,23). The fourth-order valence-electron chi connectivity index (χ4n) is 2.41. The van der Waals surface area contributed by atoms with Gasteiger partial charge in [-0.05, 0) is 62.7 Å². The maximum Gasteiger partial charge on any atom is 0.257 e. The number of amides is 1. The predicted molar refractivity (Wildman–Crippen MR) is 93.9 cm³/mol. The SMILES string of the molecule is CCOCCOc1ccc(C(=O)NC(=S)N2CCCCC2)cc1. The van der Waals surface area contributed by atoms with Crippen LogP contribution in [0.25, 0.3) is 0 Å². The highest BCUT2D eigenvalue weighted by Gasteiger charge is 2.16. The van der Waals surface area contributed by atoms with Crippen LogP contribution >= 0.6 is 12.2 Å². The number of hydrogen-bond acceptors (Lipinski definition) is 4. The van der Waals surface area contributed by atoms with Crippen molar-refractivity contribution < 1.29 is 14.3 Å². The Morgan fingerprint density at radius 3 is 2.52 bits per heavy atom. The van der Waals surface area contributed by atoms with Crippen molar-refractivity contribution in [3.63, 3.8) is 0 Å². The summed E-state index contributed by atoms with van der Waals surface area (Å²) in [4.78, 5) is 14.3. The third-order valence-corrected chi connectivity index (χ3v) is 4.04. The molecule has 2 rings (SSSR count). The summed E-state index contributed by atoms with van der Waals surface area (Å²) < 4.78 is 10.7. The Bertz CT molecular complexity index is 513. The molecule has 1 heterocycles. The Labute approximate surface area is 142 Å². The molecule has 0 saturated carbocycles. The van der Waals surface area contributed by atoms with Gasteiger partial charge in [-0.25, -0.2) is 0 Å². The van der Waals surface area contributed by atoms with Crippen molar-refractivity contribution >= 4 is 23.2 Å². The second kappa shape index (κ2) is 9.47. The molecule has 0 atom stereocenters. The molecule has 5 nitrogen and oxygen atoms in total. The number of nitrogens with zero attached hydrogens (tertiary/aromatic N) is 1. The Kier molecular flexibility index (Phi) is 7.29. The van der Waals surface area contributed by atoms with Crippen molar-refractivity contribution in [2.24, 2.45) is 0 Å². The lowest BCUT2D eigenvalue weighted by Gasteiger charge is -2.28. The molecule has 1 aliphatic rings. The van der Waals surface area contributed by atoms with E-state index in [9.17, 15) is 4.79 Å². The van der Waals surface area contributed by atoms with Crippen molar-refractivity contribution in [1.29, 1.82) is 0 Å². The van der Waals surface area contributed by atoms with Gasteiger partial charge in [-0.3, -0.25) is 10.1 Å². The minimum absolute atomic E-state index is 0.179. The van der Waals surface area contributed by atoms with Gasteiger partial charge in [0.15, 0.2) is 5.11 Å². The number of piperidine rings is 1. The maximum absolute atomic E-state index is 12.2. The number of nitrogens with one attached hydrogen (secondary N) is 1. The molecule has 1 amide bonds. The predicted octanol–water partition coefficient (Wildman–Crippen LogP) is 2.60. The van der Waals surface area contributed by atoms with Gasteiger partial charge in [-0.2, -0.15) is 0 Å². The number of likely N-dealkylation sites (tertiary alicyclic amines) is 1. The van der Waals surface area contributed by atoms with Crippen molar-refractivity contribution in [3.8, 4) is 5.75 Å². The molecule has 126 valence electrons. The van der Waals surface area contributed by atoms with Crippen LogP contribution in [0, 0.1) is 0 Å². The minimum atomic E-state index is -0.179. The van der Waals surface area contributed by atoms with Crippen molar-refractivity contribution in [3.05, 3.63) is 29.8 Å². The van der Waals surface area contributed by atoms with Crippen molar-refractivity contribution in [2.45, 2.75) is 26.2 Å². The van der Waals surface area contributed by atoms with Gasteiger partial charge in [0.2, 0.25) is 0 Å². The highest BCUT2D eigenvalue weighted by atomic mass is 32.1. The van der Waals surface area contributed by atoms with Gasteiger partial charge in [0.25, 0.3) is 5.91 Å². The number of hydrogen-bond donors (Lipinski definition) is 1. The first-order valence-corrected chi connectivity index (χ1v) is 8.52. The molecule has 6 heteroatoms. The molecule has 1 aromatic carbocycles. The van der Waals surface area contributed by atoms with Crippen LogP contribution in [-0.4, -0.2) is 48.8 Å².